The Balaban J connectivity index is 1.82. The summed E-state index contributed by atoms with van der Waals surface area (Å²) in [7, 11) is 1.61. The van der Waals surface area contributed by atoms with Crippen molar-refractivity contribution in [3.8, 4) is 11.5 Å². The molecule has 6 nitrogen and oxygen atoms in total. The van der Waals surface area contributed by atoms with Gasteiger partial charge in [0.1, 0.15) is 17.5 Å². The van der Waals surface area contributed by atoms with Crippen LogP contribution in [0.15, 0.2) is 66.7 Å². The number of nitrogens with zero attached hydrogens (tertiary/aromatic N) is 1. The van der Waals surface area contributed by atoms with Gasteiger partial charge >= 0.3 is 0 Å². The highest BCUT2D eigenvalue weighted by Gasteiger charge is 2.29. The van der Waals surface area contributed by atoms with Gasteiger partial charge in [-0.2, -0.15) is 0 Å². The molecule has 0 saturated carbocycles. The van der Waals surface area contributed by atoms with Gasteiger partial charge in [0.15, 0.2) is 6.61 Å². The molecule has 0 aromatic heterocycles. The zero-order chi connectivity index (χ0) is 23.8. The minimum atomic E-state index is -0.599. The Morgan fingerprint density at radius 3 is 2.33 bits per heavy atom. The van der Waals surface area contributed by atoms with E-state index < -0.39 is 6.04 Å². The molecule has 3 aromatic rings. The van der Waals surface area contributed by atoms with Crippen molar-refractivity contribution in [2.24, 2.45) is 0 Å². The van der Waals surface area contributed by atoms with Crippen LogP contribution in [-0.4, -0.2) is 42.5 Å². The second-order valence-corrected chi connectivity index (χ2v) is 8.22. The Bertz CT molecular complexity index is 1070. The largest absolute Gasteiger partial charge is 0.497 e. The molecule has 0 spiro atoms. The van der Waals surface area contributed by atoms with E-state index in [9.17, 15) is 9.59 Å². The van der Waals surface area contributed by atoms with Crippen LogP contribution in [0, 0.1) is 0 Å². The van der Waals surface area contributed by atoms with E-state index in [4.69, 9.17) is 9.47 Å². The predicted octanol–water partition coefficient (Wildman–Crippen LogP) is 4.56. The Labute approximate surface area is 195 Å². The van der Waals surface area contributed by atoms with Gasteiger partial charge in [0, 0.05) is 18.0 Å². The fraction of sp³-hybridized carbons (Fsp3) is 0.333. The van der Waals surface area contributed by atoms with Gasteiger partial charge < -0.3 is 19.7 Å². The van der Waals surface area contributed by atoms with Crippen molar-refractivity contribution in [2.75, 3.05) is 13.7 Å². The summed E-state index contributed by atoms with van der Waals surface area (Å²) >= 11 is 0. The molecule has 1 N–H and O–H groups in total. The van der Waals surface area contributed by atoms with Crippen LogP contribution in [0.2, 0.25) is 0 Å². The maximum atomic E-state index is 13.4. The van der Waals surface area contributed by atoms with Crippen LogP contribution in [0.1, 0.15) is 32.8 Å². The number of ether oxygens (including phenoxy) is 2. The molecule has 0 heterocycles. The lowest BCUT2D eigenvalue weighted by atomic mass is 10.1. The summed E-state index contributed by atoms with van der Waals surface area (Å²) in [5, 5.41) is 4.92. The normalized spacial score (nSPS) is 11.8. The number of fused-ring (bicyclic) bond motifs is 1. The lowest BCUT2D eigenvalue weighted by molar-refractivity contribution is -0.143. The molecule has 0 aliphatic carbocycles. The number of nitrogens with one attached hydrogen (secondary N) is 1. The fourth-order valence-electron chi connectivity index (χ4n) is 3.77. The van der Waals surface area contributed by atoms with Crippen molar-refractivity contribution < 1.29 is 19.1 Å². The molecule has 0 aliphatic rings. The van der Waals surface area contributed by atoms with Crippen LogP contribution in [0.25, 0.3) is 10.8 Å². The van der Waals surface area contributed by atoms with E-state index in [2.05, 4.69) is 5.32 Å². The second kappa shape index (κ2) is 11.4. The monoisotopic (exact) mass is 448 g/mol. The van der Waals surface area contributed by atoms with Crippen LogP contribution in [0.3, 0.4) is 0 Å². The first-order valence-corrected chi connectivity index (χ1v) is 11.3. The van der Waals surface area contributed by atoms with Gasteiger partial charge in [-0.25, -0.2) is 0 Å². The zero-order valence-corrected chi connectivity index (χ0v) is 19.7. The number of carbonyl (C=O) groups is 2. The van der Waals surface area contributed by atoms with Crippen LogP contribution >= 0.6 is 0 Å². The molecule has 0 bridgehead atoms. The Hall–Kier alpha value is -3.54. The highest BCUT2D eigenvalue weighted by atomic mass is 16.5. The summed E-state index contributed by atoms with van der Waals surface area (Å²) in [5.74, 6) is 0.968. The van der Waals surface area contributed by atoms with Crippen molar-refractivity contribution >= 4 is 22.6 Å². The Morgan fingerprint density at radius 1 is 0.970 bits per heavy atom. The SMILES string of the molecule is CC[C@H](C(=O)NC(C)C)N(Cc1ccc(OC)cc1)C(=O)COc1cccc2ccccc12. The number of amides is 2. The van der Waals surface area contributed by atoms with Crippen LogP contribution in [0.4, 0.5) is 0 Å². The third-order valence-electron chi connectivity index (χ3n) is 5.43. The second-order valence-electron chi connectivity index (χ2n) is 8.22. The van der Waals surface area contributed by atoms with E-state index in [1.54, 1.807) is 12.0 Å². The average molecular weight is 449 g/mol. The number of hydrogen-bond acceptors (Lipinski definition) is 4. The zero-order valence-electron chi connectivity index (χ0n) is 19.7. The molecule has 0 radical (unpaired) electrons. The van der Waals surface area contributed by atoms with Gasteiger partial charge in [-0.1, -0.05) is 55.5 Å². The lowest BCUT2D eigenvalue weighted by Gasteiger charge is -2.31. The quantitative estimate of drug-likeness (QED) is 0.494. The van der Waals surface area contributed by atoms with E-state index in [1.165, 1.54) is 0 Å². The van der Waals surface area contributed by atoms with Crippen molar-refractivity contribution in [3.05, 3.63) is 72.3 Å². The standard InChI is InChI=1S/C27H32N2O4/c1-5-24(27(31)28-19(2)3)29(17-20-13-15-22(32-4)16-14-20)26(30)18-33-25-12-8-10-21-9-6-7-11-23(21)25/h6-16,19,24H,5,17-18H2,1-4H3,(H,28,31)/t24-/m1/s1. The molecule has 3 rings (SSSR count). The van der Waals surface area contributed by atoms with E-state index >= 15 is 0 Å². The van der Waals surface area contributed by atoms with Crippen molar-refractivity contribution in [2.45, 2.75) is 45.8 Å². The maximum absolute atomic E-state index is 13.4. The van der Waals surface area contributed by atoms with Gasteiger partial charge in [-0.3, -0.25) is 9.59 Å². The van der Waals surface area contributed by atoms with Gasteiger partial charge in [-0.15, -0.1) is 0 Å². The molecule has 0 unspecified atom stereocenters. The van der Waals surface area contributed by atoms with E-state index in [0.29, 0.717) is 18.7 Å². The Morgan fingerprint density at radius 2 is 1.67 bits per heavy atom. The third-order valence-corrected chi connectivity index (χ3v) is 5.43. The summed E-state index contributed by atoms with van der Waals surface area (Å²) in [6.45, 7) is 5.86. The molecule has 0 fully saturated rings. The molecule has 174 valence electrons. The molecule has 0 aliphatic heterocycles. The van der Waals surface area contributed by atoms with Crippen molar-refractivity contribution in [1.29, 1.82) is 0 Å². The number of methoxy groups -OCH3 is 1. The van der Waals surface area contributed by atoms with Crippen LogP contribution in [-0.2, 0) is 16.1 Å². The first-order valence-electron chi connectivity index (χ1n) is 11.3. The lowest BCUT2D eigenvalue weighted by Crippen LogP contribution is -2.51. The molecular weight excluding hydrogens is 416 g/mol. The van der Waals surface area contributed by atoms with Crippen LogP contribution < -0.4 is 14.8 Å². The number of carbonyl (C=O) groups excluding carboxylic acids is 2. The van der Waals surface area contributed by atoms with E-state index in [0.717, 1.165) is 22.1 Å². The number of benzene rings is 3. The van der Waals surface area contributed by atoms with E-state index in [1.807, 2.05) is 87.5 Å². The van der Waals surface area contributed by atoms with E-state index in [-0.39, 0.29) is 24.5 Å². The smallest absolute Gasteiger partial charge is 0.261 e. The third kappa shape index (κ3) is 6.25. The predicted molar refractivity (Wildman–Crippen MR) is 130 cm³/mol. The number of rotatable bonds is 10. The molecular formula is C27H32N2O4. The highest BCUT2D eigenvalue weighted by Crippen LogP contribution is 2.25. The van der Waals surface area contributed by atoms with Gasteiger partial charge in [-0.05, 0) is 49.4 Å². The summed E-state index contributed by atoms with van der Waals surface area (Å²) in [4.78, 5) is 27.9. The minimum Gasteiger partial charge on any atom is -0.497 e. The molecule has 1 atom stereocenters. The van der Waals surface area contributed by atoms with Crippen molar-refractivity contribution in [3.63, 3.8) is 0 Å². The first kappa shape index (κ1) is 24.1. The average Bonchev–Trinajstić information content (AvgIpc) is 2.82. The Kier molecular flexibility index (Phi) is 8.30. The van der Waals surface area contributed by atoms with Crippen LogP contribution in [0.5, 0.6) is 11.5 Å². The highest BCUT2D eigenvalue weighted by molar-refractivity contribution is 5.90. The van der Waals surface area contributed by atoms with Gasteiger partial charge in [0.25, 0.3) is 5.91 Å². The van der Waals surface area contributed by atoms with Crippen molar-refractivity contribution in [1.82, 2.24) is 10.2 Å². The molecule has 6 heteroatoms. The maximum Gasteiger partial charge on any atom is 0.261 e. The fourth-order valence-corrected chi connectivity index (χ4v) is 3.77. The topological polar surface area (TPSA) is 67.9 Å². The molecule has 0 saturated heterocycles. The van der Waals surface area contributed by atoms with Gasteiger partial charge in [0.05, 0.1) is 7.11 Å². The molecule has 2 amide bonds. The van der Waals surface area contributed by atoms with Gasteiger partial charge in [0.2, 0.25) is 5.91 Å². The summed E-state index contributed by atoms with van der Waals surface area (Å²) in [6, 6.07) is 20.5. The first-order chi connectivity index (χ1) is 15.9. The molecule has 3 aromatic carbocycles. The minimum absolute atomic E-state index is 0.0172. The summed E-state index contributed by atoms with van der Waals surface area (Å²) < 4.78 is 11.2. The number of hydrogen-bond donors (Lipinski definition) is 1. The molecule has 33 heavy (non-hydrogen) atoms. The summed E-state index contributed by atoms with van der Waals surface area (Å²) in [5.41, 5.74) is 0.908. The summed E-state index contributed by atoms with van der Waals surface area (Å²) in [6.07, 6.45) is 0.495.